The van der Waals surface area contributed by atoms with Gasteiger partial charge in [-0.05, 0) is 37.6 Å². The molecule has 3 atom stereocenters. The molecule has 0 aliphatic rings. The number of hydrogen-bond acceptors (Lipinski definition) is 4. The summed E-state index contributed by atoms with van der Waals surface area (Å²) in [5.74, 6) is 0.627. The van der Waals surface area contributed by atoms with Gasteiger partial charge < -0.3 is 15.2 Å². The van der Waals surface area contributed by atoms with E-state index in [1.54, 1.807) is 12.3 Å². The average Bonchev–Trinajstić information content (AvgIpc) is 2.38. The second kappa shape index (κ2) is 7.50. The molecule has 0 aromatic heterocycles. The van der Waals surface area contributed by atoms with E-state index in [0.29, 0.717) is 5.75 Å². The Labute approximate surface area is 117 Å². The highest BCUT2D eigenvalue weighted by molar-refractivity contribution is 7.84. The zero-order valence-electron chi connectivity index (χ0n) is 12.0. The molecule has 0 bridgehead atoms. The van der Waals surface area contributed by atoms with E-state index in [-0.39, 0.29) is 17.0 Å². The number of rotatable bonds is 7. The highest BCUT2D eigenvalue weighted by atomic mass is 32.2. The highest BCUT2D eigenvalue weighted by Gasteiger charge is 2.10. The van der Waals surface area contributed by atoms with Crippen LogP contribution >= 0.6 is 0 Å². The largest absolute Gasteiger partial charge is 0.504 e. The Kier molecular flexibility index (Phi) is 6.31. The monoisotopic (exact) mass is 285 g/mol. The molecule has 0 radical (unpaired) electrons. The van der Waals surface area contributed by atoms with Crippen LogP contribution in [0.25, 0.3) is 0 Å². The van der Waals surface area contributed by atoms with Gasteiger partial charge in [0.05, 0.1) is 7.11 Å². The standard InChI is InChI=1S/C14H23NO3S/c1-10(19(4)17)7-8-15-11(2)12-5-6-13(16)14(9-12)18-3/h5-6,9-11,15-16H,7-8H2,1-4H3. The Morgan fingerprint density at radius 1 is 1.42 bits per heavy atom. The minimum absolute atomic E-state index is 0.147. The number of phenols is 1. The quantitative estimate of drug-likeness (QED) is 0.806. The molecule has 0 spiro atoms. The second-order valence-corrected chi connectivity index (χ2v) is 6.51. The number of nitrogens with one attached hydrogen (secondary N) is 1. The van der Waals surface area contributed by atoms with Gasteiger partial charge in [0.15, 0.2) is 11.5 Å². The van der Waals surface area contributed by atoms with Crippen molar-refractivity contribution in [2.75, 3.05) is 19.9 Å². The van der Waals surface area contributed by atoms with Crippen molar-refractivity contribution in [3.05, 3.63) is 23.8 Å². The van der Waals surface area contributed by atoms with Gasteiger partial charge in [0.25, 0.3) is 0 Å². The van der Waals surface area contributed by atoms with Crippen molar-refractivity contribution >= 4 is 10.8 Å². The van der Waals surface area contributed by atoms with Crippen molar-refractivity contribution < 1.29 is 14.1 Å². The fraction of sp³-hybridized carbons (Fsp3) is 0.571. The van der Waals surface area contributed by atoms with E-state index in [4.69, 9.17) is 4.74 Å². The molecule has 0 saturated carbocycles. The summed E-state index contributed by atoms with van der Waals surface area (Å²) in [7, 11) is 0.766. The van der Waals surface area contributed by atoms with E-state index >= 15 is 0 Å². The summed E-state index contributed by atoms with van der Waals surface area (Å²) in [6, 6.07) is 5.49. The maximum atomic E-state index is 11.2. The molecule has 3 unspecified atom stereocenters. The minimum atomic E-state index is -0.771. The first-order valence-electron chi connectivity index (χ1n) is 6.38. The lowest BCUT2D eigenvalue weighted by Gasteiger charge is -2.17. The topological polar surface area (TPSA) is 58.6 Å². The van der Waals surface area contributed by atoms with E-state index in [2.05, 4.69) is 12.2 Å². The van der Waals surface area contributed by atoms with Crippen LogP contribution in [-0.2, 0) is 10.8 Å². The molecule has 0 heterocycles. The Morgan fingerprint density at radius 3 is 2.68 bits per heavy atom. The van der Waals surface area contributed by atoms with Crippen molar-refractivity contribution in [2.24, 2.45) is 0 Å². The van der Waals surface area contributed by atoms with Crippen LogP contribution in [0.2, 0.25) is 0 Å². The Bertz CT molecular complexity index is 437. The van der Waals surface area contributed by atoms with E-state index < -0.39 is 10.8 Å². The van der Waals surface area contributed by atoms with Crippen molar-refractivity contribution in [3.8, 4) is 11.5 Å². The molecule has 4 nitrogen and oxygen atoms in total. The summed E-state index contributed by atoms with van der Waals surface area (Å²) < 4.78 is 16.3. The highest BCUT2D eigenvalue weighted by Crippen LogP contribution is 2.28. The zero-order chi connectivity index (χ0) is 14.4. The maximum Gasteiger partial charge on any atom is 0.160 e. The van der Waals surface area contributed by atoms with Gasteiger partial charge in [0.1, 0.15) is 0 Å². The Balaban J connectivity index is 2.54. The van der Waals surface area contributed by atoms with Gasteiger partial charge >= 0.3 is 0 Å². The van der Waals surface area contributed by atoms with Crippen LogP contribution in [0.15, 0.2) is 18.2 Å². The SMILES string of the molecule is COc1cc(C(C)NCCC(C)S(C)=O)ccc1O. The zero-order valence-corrected chi connectivity index (χ0v) is 12.8. The molecule has 1 aromatic rings. The summed E-state index contributed by atoms with van der Waals surface area (Å²) in [5, 5.41) is 13.1. The van der Waals surface area contributed by atoms with E-state index in [0.717, 1.165) is 18.5 Å². The molecule has 0 amide bonds. The van der Waals surface area contributed by atoms with Crippen LogP contribution in [0.1, 0.15) is 31.9 Å². The van der Waals surface area contributed by atoms with Crippen molar-refractivity contribution in [3.63, 3.8) is 0 Å². The molecule has 1 aromatic carbocycles. The van der Waals surface area contributed by atoms with Crippen LogP contribution in [0.3, 0.4) is 0 Å². The number of hydrogen-bond donors (Lipinski definition) is 2. The maximum absolute atomic E-state index is 11.2. The lowest BCUT2D eigenvalue weighted by molar-refractivity contribution is 0.372. The number of ether oxygens (including phenoxy) is 1. The van der Waals surface area contributed by atoms with E-state index in [1.165, 1.54) is 7.11 Å². The number of benzene rings is 1. The predicted molar refractivity (Wildman–Crippen MR) is 79.2 cm³/mol. The van der Waals surface area contributed by atoms with Gasteiger partial charge in [-0.15, -0.1) is 0 Å². The molecule has 0 aliphatic heterocycles. The lowest BCUT2D eigenvalue weighted by Crippen LogP contribution is -2.24. The van der Waals surface area contributed by atoms with Gasteiger partial charge in [-0.1, -0.05) is 13.0 Å². The number of methoxy groups -OCH3 is 1. The van der Waals surface area contributed by atoms with Crippen LogP contribution in [0.5, 0.6) is 11.5 Å². The molecule has 0 saturated heterocycles. The van der Waals surface area contributed by atoms with Crippen molar-refractivity contribution in [1.29, 1.82) is 0 Å². The van der Waals surface area contributed by atoms with Gasteiger partial charge in [0.2, 0.25) is 0 Å². The molecule has 2 N–H and O–H groups in total. The average molecular weight is 285 g/mol. The van der Waals surface area contributed by atoms with Gasteiger partial charge in [0, 0.05) is 28.3 Å². The van der Waals surface area contributed by atoms with Gasteiger partial charge in [-0.3, -0.25) is 4.21 Å². The van der Waals surface area contributed by atoms with Gasteiger partial charge in [-0.25, -0.2) is 0 Å². The first kappa shape index (κ1) is 16.0. The van der Waals surface area contributed by atoms with E-state index in [9.17, 15) is 9.32 Å². The molecular formula is C14H23NO3S. The van der Waals surface area contributed by atoms with Crippen LogP contribution in [0.4, 0.5) is 0 Å². The van der Waals surface area contributed by atoms with Gasteiger partial charge in [-0.2, -0.15) is 0 Å². The second-order valence-electron chi connectivity index (χ2n) is 4.70. The molecular weight excluding hydrogens is 262 g/mol. The first-order valence-corrected chi connectivity index (χ1v) is 8.00. The lowest BCUT2D eigenvalue weighted by atomic mass is 10.1. The number of phenolic OH excluding ortho intramolecular Hbond substituents is 1. The molecule has 0 fully saturated rings. The third-order valence-corrected chi connectivity index (χ3v) is 4.64. The summed E-state index contributed by atoms with van der Waals surface area (Å²) in [5.41, 5.74) is 1.06. The van der Waals surface area contributed by atoms with Crippen LogP contribution in [-0.4, -0.2) is 34.5 Å². The fourth-order valence-corrected chi connectivity index (χ4v) is 2.20. The third kappa shape index (κ3) is 4.84. The summed E-state index contributed by atoms with van der Waals surface area (Å²) in [6.45, 7) is 4.86. The molecule has 19 heavy (non-hydrogen) atoms. The Morgan fingerprint density at radius 2 is 2.11 bits per heavy atom. The minimum Gasteiger partial charge on any atom is -0.504 e. The summed E-state index contributed by atoms with van der Waals surface area (Å²) in [4.78, 5) is 0. The smallest absolute Gasteiger partial charge is 0.160 e. The summed E-state index contributed by atoms with van der Waals surface area (Å²) >= 11 is 0. The van der Waals surface area contributed by atoms with Crippen molar-refractivity contribution in [2.45, 2.75) is 31.6 Å². The predicted octanol–water partition coefficient (Wildman–Crippen LogP) is 2.21. The first-order chi connectivity index (χ1) is 8.95. The molecule has 0 aliphatic carbocycles. The van der Waals surface area contributed by atoms with Crippen LogP contribution < -0.4 is 10.1 Å². The van der Waals surface area contributed by atoms with E-state index in [1.807, 2.05) is 19.1 Å². The molecule has 1 rings (SSSR count). The normalized spacial score (nSPS) is 15.8. The summed E-state index contributed by atoms with van der Waals surface area (Å²) in [6.07, 6.45) is 2.61. The van der Waals surface area contributed by atoms with Crippen molar-refractivity contribution in [1.82, 2.24) is 5.32 Å². The van der Waals surface area contributed by atoms with Crippen LogP contribution in [0, 0.1) is 0 Å². The number of aromatic hydroxyl groups is 1. The third-order valence-electron chi connectivity index (χ3n) is 3.27. The molecule has 5 heteroatoms. The Hall–Kier alpha value is -1.07. The fourth-order valence-electron chi connectivity index (χ4n) is 1.75. The molecule has 108 valence electrons.